The Hall–Kier alpha value is -2.19. The third-order valence-corrected chi connectivity index (χ3v) is 7.57. The van der Waals surface area contributed by atoms with Crippen molar-refractivity contribution >= 4 is 16.0 Å². The number of fused-ring (bicyclic) bond motifs is 1. The Balaban J connectivity index is 1.63. The number of benzene rings is 1. The SMILES string of the molecule is O=C(O)C1CC2CCCCC2N1S(=O)(=O)c1cnn(Cc2ccccc2)c1. The fourth-order valence-electron chi connectivity index (χ4n) is 4.43. The lowest BCUT2D eigenvalue weighted by Gasteiger charge is -2.31. The molecule has 1 saturated heterocycles. The fourth-order valence-corrected chi connectivity index (χ4v) is 6.26. The van der Waals surface area contributed by atoms with Crippen LogP contribution in [0.2, 0.25) is 0 Å². The molecule has 0 radical (unpaired) electrons. The fraction of sp³-hybridized carbons (Fsp3) is 0.474. The standard InChI is InChI=1S/C19H23N3O4S/c23-19(24)18-10-15-8-4-5-9-17(15)22(18)27(25,26)16-11-20-21(13-16)12-14-6-2-1-3-7-14/h1-3,6-7,11,13,15,17-18H,4-5,8-10,12H2,(H,23,24). The van der Waals surface area contributed by atoms with Gasteiger partial charge in [-0.2, -0.15) is 9.40 Å². The Bertz CT molecular complexity index is 925. The lowest BCUT2D eigenvalue weighted by atomic mass is 9.85. The monoisotopic (exact) mass is 389 g/mol. The van der Waals surface area contributed by atoms with Crippen LogP contribution in [0.5, 0.6) is 0 Å². The molecule has 0 spiro atoms. The molecule has 1 aliphatic heterocycles. The van der Waals surface area contributed by atoms with Gasteiger partial charge < -0.3 is 5.11 Å². The van der Waals surface area contributed by atoms with Crippen molar-refractivity contribution in [3.63, 3.8) is 0 Å². The topological polar surface area (TPSA) is 92.5 Å². The summed E-state index contributed by atoms with van der Waals surface area (Å²) in [7, 11) is -3.91. The molecule has 0 bridgehead atoms. The van der Waals surface area contributed by atoms with Crippen LogP contribution in [-0.4, -0.2) is 45.7 Å². The molecule has 0 amide bonds. The summed E-state index contributed by atoms with van der Waals surface area (Å²) in [4.78, 5) is 11.8. The second-order valence-electron chi connectivity index (χ2n) is 7.40. The lowest BCUT2D eigenvalue weighted by Crippen LogP contribution is -2.46. The Labute approximate surface area is 158 Å². The highest BCUT2D eigenvalue weighted by Crippen LogP contribution is 2.42. The van der Waals surface area contributed by atoms with Crippen molar-refractivity contribution in [3.05, 3.63) is 48.3 Å². The highest BCUT2D eigenvalue weighted by Gasteiger charge is 2.51. The van der Waals surface area contributed by atoms with E-state index >= 15 is 0 Å². The number of rotatable bonds is 5. The molecule has 1 saturated carbocycles. The van der Waals surface area contributed by atoms with E-state index in [0.717, 1.165) is 31.2 Å². The predicted octanol–water partition coefficient (Wildman–Crippen LogP) is 2.34. The minimum absolute atomic E-state index is 0.0657. The molecule has 1 aliphatic carbocycles. The van der Waals surface area contributed by atoms with Gasteiger partial charge in [0.05, 0.1) is 12.7 Å². The number of hydrogen-bond acceptors (Lipinski definition) is 4. The molecule has 4 rings (SSSR count). The molecule has 3 atom stereocenters. The minimum atomic E-state index is -3.91. The van der Waals surface area contributed by atoms with Gasteiger partial charge in [0, 0.05) is 12.2 Å². The van der Waals surface area contributed by atoms with Gasteiger partial charge in [-0.15, -0.1) is 0 Å². The van der Waals surface area contributed by atoms with Gasteiger partial charge in [0.15, 0.2) is 0 Å². The molecule has 1 aromatic heterocycles. The molecule has 1 N–H and O–H groups in total. The Morgan fingerprint density at radius 3 is 2.67 bits per heavy atom. The third kappa shape index (κ3) is 3.39. The molecule has 2 heterocycles. The maximum Gasteiger partial charge on any atom is 0.322 e. The molecule has 3 unspecified atom stereocenters. The third-order valence-electron chi connectivity index (χ3n) is 5.69. The normalized spacial score (nSPS) is 26.0. The van der Waals surface area contributed by atoms with Crippen LogP contribution in [0.15, 0.2) is 47.6 Å². The van der Waals surface area contributed by atoms with E-state index in [1.165, 1.54) is 16.7 Å². The van der Waals surface area contributed by atoms with Crippen LogP contribution in [0.4, 0.5) is 0 Å². The average molecular weight is 389 g/mol. The van der Waals surface area contributed by atoms with Crippen molar-refractivity contribution in [1.82, 2.24) is 14.1 Å². The van der Waals surface area contributed by atoms with Crippen molar-refractivity contribution in [2.45, 2.75) is 55.6 Å². The smallest absolute Gasteiger partial charge is 0.322 e. The van der Waals surface area contributed by atoms with Crippen LogP contribution in [0.25, 0.3) is 0 Å². The molecule has 2 fully saturated rings. The summed E-state index contributed by atoms with van der Waals surface area (Å²) < 4.78 is 29.4. The van der Waals surface area contributed by atoms with E-state index in [0.29, 0.717) is 13.0 Å². The molecule has 2 aromatic rings. The lowest BCUT2D eigenvalue weighted by molar-refractivity contribution is -0.141. The van der Waals surface area contributed by atoms with E-state index in [-0.39, 0.29) is 16.9 Å². The van der Waals surface area contributed by atoms with E-state index in [2.05, 4.69) is 5.10 Å². The highest BCUT2D eigenvalue weighted by atomic mass is 32.2. The minimum Gasteiger partial charge on any atom is -0.480 e. The summed E-state index contributed by atoms with van der Waals surface area (Å²) in [5, 5.41) is 13.8. The van der Waals surface area contributed by atoms with Gasteiger partial charge in [-0.05, 0) is 30.7 Å². The first-order valence-electron chi connectivity index (χ1n) is 9.29. The van der Waals surface area contributed by atoms with Crippen LogP contribution in [0.1, 0.15) is 37.7 Å². The van der Waals surface area contributed by atoms with E-state index in [1.54, 1.807) is 4.68 Å². The number of aliphatic carboxylic acids is 1. The van der Waals surface area contributed by atoms with Crippen LogP contribution in [-0.2, 0) is 21.4 Å². The summed E-state index contributed by atoms with van der Waals surface area (Å²) in [6, 6.07) is 8.45. The van der Waals surface area contributed by atoms with E-state index in [1.807, 2.05) is 30.3 Å². The van der Waals surface area contributed by atoms with Crippen LogP contribution in [0.3, 0.4) is 0 Å². The summed E-state index contributed by atoms with van der Waals surface area (Å²) >= 11 is 0. The average Bonchev–Trinajstić information content (AvgIpc) is 3.28. The van der Waals surface area contributed by atoms with Crippen molar-refractivity contribution in [1.29, 1.82) is 0 Å². The van der Waals surface area contributed by atoms with Crippen molar-refractivity contribution in [2.24, 2.45) is 5.92 Å². The maximum atomic E-state index is 13.3. The molecule has 144 valence electrons. The van der Waals surface area contributed by atoms with Gasteiger partial charge >= 0.3 is 5.97 Å². The molecule has 2 aliphatic rings. The molecule has 8 heteroatoms. The van der Waals surface area contributed by atoms with Gasteiger partial charge in [-0.25, -0.2) is 8.42 Å². The number of nitrogens with zero attached hydrogens (tertiary/aromatic N) is 3. The molecule has 27 heavy (non-hydrogen) atoms. The van der Waals surface area contributed by atoms with Gasteiger partial charge in [0.2, 0.25) is 10.0 Å². The Morgan fingerprint density at radius 1 is 1.19 bits per heavy atom. The largest absolute Gasteiger partial charge is 0.480 e. The number of carbonyl (C=O) groups is 1. The van der Waals surface area contributed by atoms with E-state index in [9.17, 15) is 18.3 Å². The summed E-state index contributed by atoms with van der Waals surface area (Å²) in [6.45, 7) is 0.463. The maximum absolute atomic E-state index is 13.3. The Kier molecular flexibility index (Phi) is 4.77. The zero-order chi connectivity index (χ0) is 19.0. The second-order valence-corrected chi connectivity index (χ2v) is 9.24. The van der Waals surface area contributed by atoms with Crippen LogP contribution >= 0.6 is 0 Å². The molecular formula is C19H23N3O4S. The molecular weight excluding hydrogens is 366 g/mol. The number of aromatic nitrogens is 2. The van der Waals surface area contributed by atoms with Crippen molar-refractivity contribution in [3.8, 4) is 0 Å². The van der Waals surface area contributed by atoms with Crippen molar-refractivity contribution < 1.29 is 18.3 Å². The van der Waals surface area contributed by atoms with Gasteiger partial charge in [-0.1, -0.05) is 43.2 Å². The van der Waals surface area contributed by atoms with Gasteiger partial charge in [0.25, 0.3) is 0 Å². The zero-order valence-electron chi connectivity index (χ0n) is 14.9. The summed E-state index contributed by atoms with van der Waals surface area (Å²) in [5.74, 6) is -0.932. The first kappa shape index (κ1) is 18.2. The molecule has 1 aromatic carbocycles. The van der Waals surface area contributed by atoms with Gasteiger partial charge in [-0.3, -0.25) is 9.48 Å². The first-order valence-corrected chi connectivity index (χ1v) is 10.7. The molecule has 7 nitrogen and oxygen atoms in total. The predicted molar refractivity (Wildman–Crippen MR) is 98.6 cm³/mol. The zero-order valence-corrected chi connectivity index (χ0v) is 15.8. The Morgan fingerprint density at radius 2 is 1.93 bits per heavy atom. The van der Waals surface area contributed by atoms with Crippen LogP contribution in [0, 0.1) is 5.92 Å². The number of hydrogen-bond donors (Lipinski definition) is 1. The number of carboxylic acid groups (broad SMARTS) is 1. The summed E-state index contributed by atoms with van der Waals surface area (Å²) in [6.07, 6.45) is 6.82. The number of carboxylic acids is 1. The van der Waals surface area contributed by atoms with E-state index < -0.39 is 22.0 Å². The van der Waals surface area contributed by atoms with Crippen LogP contribution < -0.4 is 0 Å². The van der Waals surface area contributed by atoms with Gasteiger partial charge in [0.1, 0.15) is 10.9 Å². The highest BCUT2D eigenvalue weighted by molar-refractivity contribution is 7.89. The first-order chi connectivity index (χ1) is 13.0. The van der Waals surface area contributed by atoms with E-state index in [4.69, 9.17) is 0 Å². The second kappa shape index (κ2) is 7.09. The van der Waals surface area contributed by atoms with Crippen molar-refractivity contribution in [2.75, 3.05) is 0 Å². The quantitative estimate of drug-likeness (QED) is 0.847. The number of sulfonamides is 1. The summed E-state index contributed by atoms with van der Waals surface area (Å²) in [5.41, 5.74) is 1.02.